The zero-order valence-electron chi connectivity index (χ0n) is 12.3. The van der Waals surface area contributed by atoms with E-state index in [1.54, 1.807) is 12.1 Å². The Hall–Kier alpha value is -2.39. The van der Waals surface area contributed by atoms with Crippen molar-refractivity contribution in [3.8, 4) is 0 Å². The molecule has 0 saturated heterocycles. The summed E-state index contributed by atoms with van der Waals surface area (Å²) in [6.07, 6.45) is -3.31. The van der Waals surface area contributed by atoms with E-state index in [0.717, 1.165) is 38.6 Å². The quantitative estimate of drug-likeness (QED) is 0.756. The van der Waals surface area contributed by atoms with Crippen LogP contribution in [0.5, 0.6) is 0 Å². The fourth-order valence-corrected chi connectivity index (χ4v) is 3.18. The number of aromatic nitrogens is 2. The monoisotopic (exact) mass is 354 g/mol. The van der Waals surface area contributed by atoms with Crippen molar-refractivity contribution in [3.63, 3.8) is 0 Å². The molecule has 0 spiro atoms. The summed E-state index contributed by atoms with van der Waals surface area (Å²) < 4.78 is 39.4. The summed E-state index contributed by atoms with van der Waals surface area (Å²) in [5.74, 6) is -0.225. The van der Waals surface area contributed by atoms with E-state index >= 15 is 0 Å². The molecule has 1 aromatic carbocycles. The maximum absolute atomic E-state index is 12.8. The number of alkyl halides is 3. The molecule has 0 bridgehead atoms. The van der Waals surface area contributed by atoms with Crippen molar-refractivity contribution in [2.24, 2.45) is 5.73 Å². The van der Waals surface area contributed by atoms with Crippen LogP contribution in [0.25, 0.3) is 4.83 Å². The van der Waals surface area contributed by atoms with Gasteiger partial charge in [-0.2, -0.15) is 13.2 Å². The standard InChI is InChI=1S/C15H13F3N4OS/c16-15(17,18)11-7-24-14-13(20-8-22(11)14)21-12(23)5-9-1-3-10(6-19)4-2-9/h1-4,7-8H,5-6,19H2,(H,21,23). The number of nitrogens with two attached hydrogens (primary N) is 1. The van der Waals surface area contributed by atoms with Gasteiger partial charge in [-0.1, -0.05) is 24.3 Å². The molecule has 9 heteroatoms. The topological polar surface area (TPSA) is 72.4 Å². The van der Waals surface area contributed by atoms with E-state index in [1.807, 2.05) is 12.1 Å². The van der Waals surface area contributed by atoms with Crippen LogP contribution in [0, 0.1) is 0 Å². The van der Waals surface area contributed by atoms with Gasteiger partial charge in [-0.25, -0.2) is 4.98 Å². The van der Waals surface area contributed by atoms with Crippen LogP contribution in [0.3, 0.4) is 0 Å². The number of hydrogen-bond donors (Lipinski definition) is 2. The SMILES string of the molecule is NCc1ccc(CC(=O)Nc2ncn3c(C(F)(F)F)csc23)cc1. The lowest BCUT2D eigenvalue weighted by Crippen LogP contribution is -2.14. The van der Waals surface area contributed by atoms with Crippen molar-refractivity contribution in [1.29, 1.82) is 0 Å². The number of thiazole rings is 1. The Morgan fingerprint density at radius 3 is 2.54 bits per heavy atom. The number of imidazole rings is 1. The summed E-state index contributed by atoms with van der Waals surface area (Å²) in [4.78, 5) is 16.2. The zero-order valence-corrected chi connectivity index (χ0v) is 13.1. The van der Waals surface area contributed by atoms with Gasteiger partial charge in [-0.15, -0.1) is 11.3 Å². The summed E-state index contributed by atoms with van der Waals surface area (Å²) in [5.41, 5.74) is 6.43. The number of nitrogens with zero attached hydrogens (tertiary/aromatic N) is 2. The molecule has 2 heterocycles. The highest BCUT2D eigenvalue weighted by molar-refractivity contribution is 7.16. The number of nitrogens with one attached hydrogen (secondary N) is 1. The minimum absolute atomic E-state index is 0.0986. The van der Waals surface area contributed by atoms with E-state index in [0.29, 0.717) is 6.54 Å². The Kier molecular flexibility index (Phi) is 4.29. The second-order valence-electron chi connectivity index (χ2n) is 5.13. The summed E-state index contributed by atoms with van der Waals surface area (Å²) in [5, 5.41) is 3.55. The van der Waals surface area contributed by atoms with Crippen molar-refractivity contribution in [2.75, 3.05) is 5.32 Å². The Bertz CT molecular complexity index is 867. The van der Waals surface area contributed by atoms with Crippen LogP contribution >= 0.6 is 11.3 Å². The number of benzene rings is 1. The third-order valence-corrected chi connectivity index (χ3v) is 4.39. The average molecular weight is 354 g/mol. The smallest absolute Gasteiger partial charge is 0.326 e. The van der Waals surface area contributed by atoms with Crippen molar-refractivity contribution in [1.82, 2.24) is 9.38 Å². The van der Waals surface area contributed by atoms with E-state index in [2.05, 4.69) is 10.3 Å². The highest BCUT2D eigenvalue weighted by Crippen LogP contribution is 2.34. The molecule has 0 atom stereocenters. The summed E-state index contributed by atoms with van der Waals surface area (Å²) in [7, 11) is 0. The number of rotatable bonds is 4. The second-order valence-corrected chi connectivity index (χ2v) is 5.99. The van der Waals surface area contributed by atoms with E-state index in [9.17, 15) is 18.0 Å². The van der Waals surface area contributed by atoms with Crippen LogP contribution < -0.4 is 11.1 Å². The average Bonchev–Trinajstić information content (AvgIpc) is 3.10. The van der Waals surface area contributed by atoms with Gasteiger partial charge in [-0.05, 0) is 11.1 Å². The van der Waals surface area contributed by atoms with Crippen molar-refractivity contribution in [2.45, 2.75) is 19.1 Å². The molecule has 0 aliphatic carbocycles. The van der Waals surface area contributed by atoms with Gasteiger partial charge in [0.2, 0.25) is 5.91 Å². The molecule has 0 saturated carbocycles. The summed E-state index contributed by atoms with van der Waals surface area (Å²) in [6.45, 7) is 0.416. The Morgan fingerprint density at radius 2 is 1.92 bits per heavy atom. The lowest BCUT2D eigenvalue weighted by atomic mass is 10.1. The second kappa shape index (κ2) is 6.25. The lowest BCUT2D eigenvalue weighted by molar-refractivity contribution is -0.141. The number of fused-ring (bicyclic) bond motifs is 1. The number of amides is 1. The van der Waals surface area contributed by atoms with Crippen LogP contribution in [-0.2, 0) is 23.9 Å². The Labute approximate surface area is 138 Å². The Balaban J connectivity index is 1.74. The highest BCUT2D eigenvalue weighted by Gasteiger charge is 2.35. The van der Waals surface area contributed by atoms with Gasteiger partial charge in [0.25, 0.3) is 0 Å². The molecule has 2 aromatic heterocycles. The molecule has 5 nitrogen and oxygen atoms in total. The summed E-state index contributed by atoms with van der Waals surface area (Å²) in [6, 6.07) is 7.23. The molecule has 0 radical (unpaired) electrons. The van der Waals surface area contributed by atoms with Crippen LogP contribution in [0.2, 0.25) is 0 Å². The first-order valence-electron chi connectivity index (χ1n) is 6.98. The molecule has 0 unspecified atom stereocenters. The zero-order chi connectivity index (χ0) is 17.3. The molecular weight excluding hydrogens is 341 g/mol. The van der Waals surface area contributed by atoms with E-state index in [1.165, 1.54) is 0 Å². The third kappa shape index (κ3) is 3.26. The molecule has 1 amide bonds. The normalized spacial score (nSPS) is 11.8. The van der Waals surface area contributed by atoms with E-state index < -0.39 is 11.9 Å². The summed E-state index contributed by atoms with van der Waals surface area (Å²) >= 11 is 0.879. The number of carbonyl (C=O) groups excluding carboxylic acids is 1. The van der Waals surface area contributed by atoms with Crippen LogP contribution in [0.1, 0.15) is 16.8 Å². The van der Waals surface area contributed by atoms with Crippen LogP contribution in [0.15, 0.2) is 36.0 Å². The maximum atomic E-state index is 12.8. The molecule has 3 aromatic rings. The largest absolute Gasteiger partial charge is 0.432 e. The maximum Gasteiger partial charge on any atom is 0.432 e. The first-order valence-corrected chi connectivity index (χ1v) is 7.86. The van der Waals surface area contributed by atoms with Crippen LogP contribution in [0.4, 0.5) is 19.0 Å². The van der Waals surface area contributed by atoms with Gasteiger partial charge in [0, 0.05) is 11.9 Å². The first-order chi connectivity index (χ1) is 11.4. The van der Waals surface area contributed by atoms with Crippen molar-refractivity contribution in [3.05, 3.63) is 52.8 Å². The number of carbonyl (C=O) groups is 1. The molecule has 24 heavy (non-hydrogen) atoms. The molecule has 126 valence electrons. The molecule has 3 rings (SSSR count). The lowest BCUT2D eigenvalue weighted by Gasteiger charge is -2.04. The van der Waals surface area contributed by atoms with E-state index in [4.69, 9.17) is 5.73 Å². The molecule has 0 aliphatic heterocycles. The van der Waals surface area contributed by atoms with Gasteiger partial charge >= 0.3 is 6.18 Å². The molecule has 3 N–H and O–H groups in total. The molecule has 0 aliphatic rings. The van der Waals surface area contributed by atoms with Gasteiger partial charge in [0.05, 0.1) is 6.42 Å². The predicted molar refractivity (Wildman–Crippen MR) is 84.7 cm³/mol. The number of anilines is 1. The third-order valence-electron chi connectivity index (χ3n) is 3.44. The van der Waals surface area contributed by atoms with Crippen molar-refractivity contribution >= 4 is 27.9 Å². The number of halogens is 3. The number of hydrogen-bond acceptors (Lipinski definition) is 4. The molecule has 0 fully saturated rings. The fraction of sp³-hybridized carbons (Fsp3) is 0.200. The van der Waals surface area contributed by atoms with E-state index in [-0.39, 0.29) is 23.0 Å². The van der Waals surface area contributed by atoms with Crippen molar-refractivity contribution < 1.29 is 18.0 Å². The van der Waals surface area contributed by atoms with Gasteiger partial charge in [0.15, 0.2) is 5.82 Å². The predicted octanol–water partition coefficient (Wildman–Crippen LogP) is 3.05. The minimum atomic E-state index is -4.47. The first kappa shape index (κ1) is 16.5. The fourth-order valence-electron chi connectivity index (χ4n) is 2.23. The highest BCUT2D eigenvalue weighted by atomic mass is 32.1. The van der Waals surface area contributed by atoms with Gasteiger partial charge in [0.1, 0.15) is 16.9 Å². The van der Waals surface area contributed by atoms with Gasteiger partial charge < -0.3 is 11.1 Å². The minimum Gasteiger partial charge on any atom is -0.326 e. The van der Waals surface area contributed by atoms with Crippen LogP contribution in [-0.4, -0.2) is 15.3 Å². The Morgan fingerprint density at radius 1 is 1.25 bits per heavy atom. The molecular formula is C15H13F3N4OS. The van der Waals surface area contributed by atoms with Gasteiger partial charge in [-0.3, -0.25) is 9.20 Å².